The normalized spacial score (nSPS) is 15.7. The fourth-order valence-electron chi connectivity index (χ4n) is 3.46. The molecule has 2 aromatic rings. The summed E-state index contributed by atoms with van der Waals surface area (Å²) >= 11 is 1.56. The Morgan fingerprint density at radius 1 is 1.11 bits per heavy atom. The van der Waals surface area contributed by atoms with E-state index in [-0.39, 0.29) is 0 Å². The van der Waals surface area contributed by atoms with Crippen molar-refractivity contribution in [1.29, 1.82) is 0 Å². The van der Waals surface area contributed by atoms with Crippen LogP contribution in [0.15, 0.2) is 23.4 Å². The Balaban J connectivity index is 2.00. The Kier molecular flexibility index (Phi) is 6.32. The van der Waals surface area contributed by atoms with Crippen molar-refractivity contribution >= 4 is 11.8 Å². The number of aromatic nitrogens is 3. The van der Waals surface area contributed by atoms with E-state index in [1.165, 1.54) is 19.3 Å². The average molecular weight is 392 g/mol. The zero-order valence-electron chi connectivity index (χ0n) is 16.6. The molecule has 1 aliphatic rings. The first kappa shape index (κ1) is 20.0. The number of nitrogens with zero attached hydrogens (tertiary/aromatic N) is 3. The van der Waals surface area contributed by atoms with Gasteiger partial charge in [0.15, 0.2) is 22.5 Å². The molecule has 1 aromatic heterocycles. The van der Waals surface area contributed by atoms with Crippen molar-refractivity contribution in [2.24, 2.45) is 0 Å². The first-order valence-electron chi connectivity index (χ1n) is 9.45. The Hall–Kier alpha value is -1.73. The number of thioether (sulfide) groups is 1. The maximum atomic E-state index is 10.1. The van der Waals surface area contributed by atoms with Gasteiger partial charge in [-0.25, -0.2) is 0 Å². The van der Waals surface area contributed by atoms with E-state index in [2.05, 4.69) is 14.8 Å². The molecule has 0 saturated heterocycles. The highest BCUT2D eigenvalue weighted by atomic mass is 32.2. The fraction of sp³-hybridized carbons (Fsp3) is 0.600. The van der Waals surface area contributed by atoms with Crippen LogP contribution >= 0.6 is 11.8 Å². The summed E-state index contributed by atoms with van der Waals surface area (Å²) in [7, 11) is 3.27. The SMILES string of the molecule is COc1ccc(-c2nnc(SCC(C)(C)O)n2C2CCCCC2)cc1OC. The Bertz CT molecular complexity index is 764. The molecule has 1 heterocycles. The maximum Gasteiger partial charge on any atom is 0.191 e. The summed E-state index contributed by atoms with van der Waals surface area (Å²) in [5, 5.41) is 20.0. The largest absolute Gasteiger partial charge is 0.493 e. The van der Waals surface area contributed by atoms with E-state index < -0.39 is 5.60 Å². The summed E-state index contributed by atoms with van der Waals surface area (Å²) in [4.78, 5) is 0. The van der Waals surface area contributed by atoms with E-state index in [0.29, 0.717) is 23.3 Å². The molecule has 0 bridgehead atoms. The molecular weight excluding hydrogens is 362 g/mol. The third kappa shape index (κ3) is 4.76. The highest BCUT2D eigenvalue weighted by molar-refractivity contribution is 7.99. The summed E-state index contributed by atoms with van der Waals surface area (Å²) in [6, 6.07) is 6.24. The molecule has 7 heteroatoms. The van der Waals surface area contributed by atoms with E-state index >= 15 is 0 Å². The second-order valence-electron chi connectivity index (χ2n) is 7.64. The van der Waals surface area contributed by atoms with Crippen LogP contribution in [0.3, 0.4) is 0 Å². The maximum absolute atomic E-state index is 10.1. The fourth-order valence-corrected chi connectivity index (χ4v) is 4.41. The Labute approximate surface area is 165 Å². The summed E-state index contributed by atoms with van der Waals surface area (Å²) in [6.45, 7) is 3.63. The predicted octanol–water partition coefficient (Wildman–Crippen LogP) is 4.33. The quantitative estimate of drug-likeness (QED) is 0.709. The van der Waals surface area contributed by atoms with E-state index in [4.69, 9.17) is 9.47 Å². The van der Waals surface area contributed by atoms with Gasteiger partial charge in [-0.15, -0.1) is 10.2 Å². The Morgan fingerprint density at radius 3 is 2.44 bits per heavy atom. The second kappa shape index (κ2) is 8.52. The van der Waals surface area contributed by atoms with Crippen LogP contribution in [0.4, 0.5) is 0 Å². The molecule has 0 spiro atoms. The molecule has 0 atom stereocenters. The first-order valence-corrected chi connectivity index (χ1v) is 10.4. The van der Waals surface area contributed by atoms with E-state index in [1.807, 2.05) is 32.0 Å². The molecule has 1 aromatic carbocycles. The third-order valence-corrected chi connectivity index (χ3v) is 6.19. The smallest absolute Gasteiger partial charge is 0.191 e. The Morgan fingerprint density at radius 2 is 1.81 bits per heavy atom. The summed E-state index contributed by atoms with van der Waals surface area (Å²) in [6.07, 6.45) is 6.01. The van der Waals surface area contributed by atoms with E-state index in [9.17, 15) is 5.11 Å². The second-order valence-corrected chi connectivity index (χ2v) is 8.58. The number of hydrogen-bond acceptors (Lipinski definition) is 6. The average Bonchev–Trinajstić information content (AvgIpc) is 3.10. The van der Waals surface area contributed by atoms with Crippen LogP contribution in [0.25, 0.3) is 11.4 Å². The molecule has 1 fully saturated rings. The molecule has 1 N–H and O–H groups in total. The van der Waals surface area contributed by atoms with Gasteiger partial charge in [0.05, 0.1) is 19.8 Å². The highest BCUT2D eigenvalue weighted by Gasteiger charge is 2.25. The molecule has 0 radical (unpaired) electrons. The molecule has 1 aliphatic carbocycles. The zero-order valence-corrected chi connectivity index (χ0v) is 17.4. The summed E-state index contributed by atoms with van der Waals surface area (Å²) in [5.41, 5.74) is 0.207. The number of rotatable bonds is 7. The van der Waals surface area contributed by atoms with Crippen LogP contribution in [-0.2, 0) is 0 Å². The van der Waals surface area contributed by atoms with Gasteiger partial charge in [0.2, 0.25) is 0 Å². The van der Waals surface area contributed by atoms with Crippen molar-refractivity contribution in [2.75, 3.05) is 20.0 Å². The minimum absolute atomic E-state index is 0.390. The molecule has 6 nitrogen and oxygen atoms in total. The molecular formula is C20H29N3O3S. The van der Waals surface area contributed by atoms with Crippen molar-refractivity contribution in [3.8, 4) is 22.9 Å². The van der Waals surface area contributed by atoms with Gasteiger partial charge in [-0.05, 0) is 44.9 Å². The number of benzene rings is 1. The molecule has 27 heavy (non-hydrogen) atoms. The van der Waals surface area contributed by atoms with Gasteiger partial charge in [0, 0.05) is 17.4 Å². The first-order chi connectivity index (χ1) is 12.9. The number of hydrogen-bond donors (Lipinski definition) is 1. The van der Waals surface area contributed by atoms with Crippen LogP contribution in [0.2, 0.25) is 0 Å². The standard InChI is InChI=1S/C20H29N3O3S/c1-20(2,24)13-27-19-22-21-18(23(19)15-8-6-5-7-9-15)14-10-11-16(25-3)17(12-14)26-4/h10-12,15,24H,5-9,13H2,1-4H3. The van der Waals surface area contributed by atoms with Crippen LogP contribution < -0.4 is 9.47 Å². The van der Waals surface area contributed by atoms with Gasteiger partial charge < -0.3 is 14.6 Å². The van der Waals surface area contributed by atoms with Crippen LogP contribution in [0, 0.1) is 0 Å². The lowest BCUT2D eigenvalue weighted by Crippen LogP contribution is -2.22. The summed E-state index contributed by atoms with van der Waals surface area (Å²) < 4.78 is 13.1. The molecule has 148 valence electrons. The number of methoxy groups -OCH3 is 2. The minimum Gasteiger partial charge on any atom is -0.493 e. The molecule has 0 unspecified atom stereocenters. The molecule has 1 saturated carbocycles. The van der Waals surface area contributed by atoms with Gasteiger partial charge in [0.1, 0.15) is 0 Å². The number of ether oxygens (including phenoxy) is 2. The molecule has 0 aliphatic heterocycles. The van der Waals surface area contributed by atoms with Crippen molar-refractivity contribution in [1.82, 2.24) is 14.8 Å². The van der Waals surface area contributed by atoms with Crippen LogP contribution in [0.1, 0.15) is 52.0 Å². The summed E-state index contributed by atoms with van der Waals surface area (Å²) in [5.74, 6) is 2.80. The lowest BCUT2D eigenvalue weighted by Gasteiger charge is -2.26. The van der Waals surface area contributed by atoms with Crippen molar-refractivity contribution in [2.45, 2.75) is 62.8 Å². The number of aliphatic hydroxyl groups is 1. The highest BCUT2D eigenvalue weighted by Crippen LogP contribution is 2.38. The monoisotopic (exact) mass is 391 g/mol. The van der Waals surface area contributed by atoms with Gasteiger partial charge >= 0.3 is 0 Å². The lowest BCUT2D eigenvalue weighted by molar-refractivity contribution is 0.107. The van der Waals surface area contributed by atoms with Crippen molar-refractivity contribution < 1.29 is 14.6 Å². The van der Waals surface area contributed by atoms with E-state index in [1.54, 1.807) is 26.0 Å². The predicted molar refractivity (Wildman–Crippen MR) is 108 cm³/mol. The van der Waals surface area contributed by atoms with Crippen LogP contribution in [0.5, 0.6) is 11.5 Å². The van der Waals surface area contributed by atoms with Gasteiger partial charge in [-0.1, -0.05) is 31.0 Å². The topological polar surface area (TPSA) is 69.4 Å². The third-order valence-electron chi connectivity index (χ3n) is 4.80. The minimum atomic E-state index is -0.752. The van der Waals surface area contributed by atoms with Gasteiger partial charge in [-0.2, -0.15) is 0 Å². The van der Waals surface area contributed by atoms with Gasteiger partial charge in [-0.3, -0.25) is 4.57 Å². The lowest BCUT2D eigenvalue weighted by atomic mass is 9.95. The van der Waals surface area contributed by atoms with Crippen LogP contribution in [-0.4, -0.2) is 45.4 Å². The van der Waals surface area contributed by atoms with Crippen molar-refractivity contribution in [3.05, 3.63) is 18.2 Å². The van der Waals surface area contributed by atoms with E-state index in [0.717, 1.165) is 29.4 Å². The zero-order chi connectivity index (χ0) is 19.4. The van der Waals surface area contributed by atoms with Crippen molar-refractivity contribution in [3.63, 3.8) is 0 Å². The van der Waals surface area contributed by atoms with Gasteiger partial charge in [0.25, 0.3) is 0 Å². The molecule has 0 amide bonds. The molecule has 3 rings (SSSR count).